The maximum absolute atomic E-state index is 12.1. The monoisotopic (exact) mass is 297 g/mol. The van der Waals surface area contributed by atoms with Crippen LogP contribution in [-0.4, -0.2) is 31.6 Å². The summed E-state index contributed by atoms with van der Waals surface area (Å²) in [6, 6.07) is 0. The Morgan fingerprint density at radius 3 is 2.58 bits per heavy atom. The average Bonchev–Trinajstić information content (AvgIpc) is 2.27. The van der Waals surface area contributed by atoms with Gasteiger partial charge in [0.1, 0.15) is 5.78 Å². The number of dihydropyridines is 1. The minimum Gasteiger partial charge on any atom is -0.299 e. The number of halogens is 3. The number of aliphatic imine (C=N–C) groups is 1. The van der Waals surface area contributed by atoms with Gasteiger partial charge in [0.25, 0.3) is 0 Å². The predicted octanol–water partition coefficient (Wildman–Crippen LogP) is 1.56. The minimum absolute atomic E-state index is 0.0709. The van der Waals surface area contributed by atoms with E-state index >= 15 is 0 Å². The zero-order valence-electron chi connectivity index (χ0n) is 9.55. The van der Waals surface area contributed by atoms with E-state index in [0.29, 0.717) is 25.0 Å². The van der Waals surface area contributed by atoms with Crippen LogP contribution >= 0.6 is 0 Å². The molecule has 1 fully saturated rings. The highest BCUT2D eigenvalue weighted by Gasteiger charge is 2.48. The minimum atomic E-state index is -5.69. The Labute approximate surface area is 107 Å². The molecule has 0 amide bonds. The molecular formula is C10H10F3NO4S. The summed E-state index contributed by atoms with van der Waals surface area (Å²) in [6.45, 7) is 0. The summed E-state index contributed by atoms with van der Waals surface area (Å²) < 4.78 is 62.1. The molecule has 0 saturated heterocycles. The van der Waals surface area contributed by atoms with Gasteiger partial charge in [-0.25, -0.2) is 4.18 Å². The summed E-state index contributed by atoms with van der Waals surface area (Å²) in [4.78, 5) is 15.3. The Kier molecular flexibility index (Phi) is 3.52. The van der Waals surface area contributed by atoms with E-state index in [9.17, 15) is 26.4 Å². The zero-order valence-corrected chi connectivity index (χ0v) is 10.4. The summed E-state index contributed by atoms with van der Waals surface area (Å²) in [6.07, 6.45) is 2.25. The van der Waals surface area contributed by atoms with E-state index in [0.717, 1.165) is 6.08 Å². The molecule has 0 spiro atoms. The summed E-state index contributed by atoms with van der Waals surface area (Å²) in [7, 11) is -5.69. The van der Waals surface area contributed by atoms with Crippen molar-refractivity contribution in [2.45, 2.75) is 31.0 Å². The molecule has 0 aromatic rings. The first kappa shape index (κ1) is 14.2. The number of hydrogen-bond donors (Lipinski definition) is 0. The Morgan fingerprint density at radius 2 is 1.95 bits per heavy atom. The van der Waals surface area contributed by atoms with Crippen molar-refractivity contribution >= 4 is 21.6 Å². The molecule has 0 aromatic heterocycles. The number of rotatable bonds is 2. The molecule has 5 nitrogen and oxygen atoms in total. The van der Waals surface area contributed by atoms with Crippen LogP contribution in [-0.2, 0) is 19.1 Å². The zero-order chi connectivity index (χ0) is 14.3. The van der Waals surface area contributed by atoms with Crippen LogP contribution in [0, 0.1) is 5.92 Å². The maximum atomic E-state index is 12.1. The SMILES string of the molecule is O=C1CCCC2=NC(OS(=O)(=O)C(F)(F)F)C=CC12. The van der Waals surface area contributed by atoms with Crippen LogP contribution in [0.1, 0.15) is 19.3 Å². The molecule has 0 aromatic carbocycles. The quantitative estimate of drug-likeness (QED) is 0.440. The number of Topliss-reactive ketones (excluding diaryl/α,β-unsaturated/α-hetero) is 1. The Balaban J connectivity index is 2.16. The summed E-state index contributed by atoms with van der Waals surface area (Å²) in [5.74, 6) is -0.624. The maximum Gasteiger partial charge on any atom is 0.523 e. The number of alkyl halides is 3. The van der Waals surface area contributed by atoms with Crippen molar-refractivity contribution in [3.8, 4) is 0 Å². The molecule has 0 radical (unpaired) electrons. The third-order valence-electron chi connectivity index (χ3n) is 2.83. The average molecular weight is 297 g/mol. The first-order valence-corrected chi connectivity index (χ1v) is 6.89. The van der Waals surface area contributed by atoms with Gasteiger partial charge in [-0.2, -0.15) is 21.6 Å². The van der Waals surface area contributed by atoms with Crippen molar-refractivity contribution in [2.75, 3.05) is 0 Å². The van der Waals surface area contributed by atoms with Gasteiger partial charge in [-0.15, -0.1) is 0 Å². The van der Waals surface area contributed by atoms with E-state index in [1.165, 1.54) is 6.08 Å². The molecule has 1 aliphatic carbocycles. The van der Waals surface area contributed by atoms with Crippen LogP contribution in [0.2, 0.25) is 0 Å². The van der Waals surface area contributed by atoms with E-state index in [1.54, 1.807) is 0 Å². The van der Waals surface area contributed by atoms with E-state index in [1.807, 2.05) is 0 Å². The van der Waals surface area contributed by atoms with Crippen molar-refractivity contribution in [3.05, 3.63) is 12.2 Å². The van der Waals surface area contributed by atoms with Gasteiger partial charge in [0, 0.05) is 12.1 Å². The fraction of sp³-hybridized carbons (Fsp3) is 0.600. The molecule has 2 atom stereocenters. The van der Waals surface area contributed by atoms with Gasteiger partial charge in [-0.05, 0) is 18.9 Å². The third-order valence-corrected chi connectivity index (χ3v) is 3.85. The molecule has 2 unspecified atom stereocenters. The lowest BCUT2D eigenvalue weighted by atomic mass is 9.84. The molecule has 0 bridgehead atoms. The van der Waals surface area contributed by atoms with Gasteiger partial charge in [-0.1, -0.05) is 6.08 Å². The number of nitrogens with zero attached hydrogens (tertiary/aromatic N) is 1. The third kappa shape index (κ3) is 2.86. The molecule has 19 heavy (non-hydrogen) atoms. The smallest absolute Gasteiger partial charge is 0.299 e. The Morgan fingerprint density at radius 1 is 1.26 bits per heavy atom. The van der Waals surface area contributed by atoms with Crippen molar-refractivity contribution in [1.82, 2.24) is 0 Å². The highest BCUT2D eigenvalue weighted by molar-refractivity contribution is 7.87. The van der Waals surface area contributed by atoms with Crippen molar-refractivity contribution in [1.29, 1.82) is 0 Å². The molecule has 2 rings (SSSR count). The standard InChI is InChI=1S/C10H10F3NO4S/c11-10(12,13)19(16,17)18-9-5-4-6-7(14-9)2-1-3-8(6)15/h4-6,9H,1-3H2. The molecule has 1 heterocycles. The second-order valence-corrected chi connectivity index (χ2v) is 5.75. The van der Waals surface area contributed by atoms with Crippen molar-refractivity contribution < 1.29 is 30.6 Å². The Hall–Kier alpha value is -1.22. The predicted molar refractivity (Wildman–Crippen MR) is 58.8 cm³/mol. The van der Waals surface area contributed by atoms with Crippen LogP contribution in [0.3, 0.4) is 0 Å². The molecular weight excluding hydrogens is 287 g/mol. The number of carbonyl (C=O) groups is 1. The van der Waals surface area contributed by atoms with E-state index in [4.69, 9.17) is 0 Å². The first-order valence-electron chi connectivity index (χ1n) is 5.48. The van der Waals surface area contributed by atoms with Gasteiger partial charge >= 0.3 is 15.6 Å². The molecule has 9 heteroatoms. The van der Waals surface area contributed by atoms with Crippen molar-refractivity contribution in [3.63, 3.8) is 0 Å². The Bertz CT molecular complexity index is 550. The van der Waals surface area contributed by atoms with Gasteiger partial charge in [-0.3, -0.25) is 9.79 Å². The highest BCUT2D eigenvalue weighted by Crippen LogP contribution is 2.29. The molecule has 106 valence electrons. The number of allylic oxidation sites excluding steroid dienone is 1. The fourth-order valence-corrected chi connectivity index (χ4v) is 2.43. The molecule has 2 aliphatic rings. The normalized spacial score (nSPS) is 27.9. The second-order valence-electron chi connectivity index (χ2n) is 4.19. The topological polar surface area (TPSA) is 72.8 Å². The second kappa shape index (κ2) is 4.71. The van der Waals surface area contributed by atoms with E-state index in [2.05, 4.69) is 9.18 Å². The largest absolute Gasteiger partial charge is 0.523 e. The van der Waals surface area contributed by atoms with Crippen LogP contribution in [0.5, 0.6) is 0 Å². The van der Waals surface area contributed by atoms with Crippen LogP contribution in [0.25, 0.3) is 0 Å². The van der Waals surface area contributed by atoms with Crippen LogP contribution in [0.4, 0.5) is 13.2 Å². The first-order chi connectivity index (χ1) is 8.71. The molecule has 1 aliphatic heterocycles. The lowest BCUT2D eigenvalue weighted by molar-refractivity contribution is -0.120. The lowest BCUT2D eigenvalue weighted by Crippen LogP contribution is -2.34. The van der Waals surface area contributed by atoms with Gasteiger partial charge < -0.3 is 0 Å². The number of carbonyl (C=O) groups excluding carboxylic acids is 1. The number of ketones is 1. The van der Waals surface area contributed by atoms with Gasteiger partial charge in [0.2, 0.25) is 0 Å². The van der Waals surface area contributed by atoms with E-state index < -0.39 is 27.8 Å². The summed E-state index contributed by atoms with van der Waals surface area (Å²) >= 11 is 0. The van der Waals surface area contributed by atoms with Gasteiger partial charge in [0.15, 0.2) is 6.23 Å². The van der Waals surface area contributed by atoms with Crippen molar-refractivity contribution in [2.24, 2.45) is 10.9 Å². The van der Waals surface area contributed by atoms with Crippen LogP contribution < -0.4 is 0 Å². The van der Waals surface area contributed by atoms with Gasteiger partial charge in [0.05, 0.1) is 5.92 Å². The number of hydrogen-bond acceptors (Lipinski definition) is 5. The molecule has 1 saturated carbocycles. The fourth-order valence-electron chi connectivity index (χ4n) is 1.95. The number of fused-ring (bicyclic) bond motifs is 1. The summed E-state index contributed by atoms with van der Waals surface area (Å²) in [5.41, 5.74) is -5.11. The summed E-state index contributed by atoms with van der Waals surface area (Å²) in [5, 5.41) is 0. The van der Waals surface area contributed by atoms with Crippen LogP contribution in [0.15, 0.2) is 17.1 Å². The highest BCUT2D eigenvalue weighted by atomic mass is 32.2. The molecule has 0 N–H and O–H groups in total. The lowest BCUT2D eigenvalue weighted by Gasteiger charge is -2.25. The van der Waals surface area contributed by atoms with E-state index in [-0.39, 0.29) is 5.78 Å².